The highest BCUT2D eigenvalue weighted by Gasteiger charge is 2.17. The minimum atomic E-state index is -0.432. The lowest BCUT2D eigenvalue weighted by molar-refractivity contribution is -0.114. The minimum Gasteiger partial charge on any atom is -0.290 e. The number of Topliss-reactive ketones (excluding diaryl/α,β-unsaturated/α-hetero) is 2. The smallest absolute Gasteiger partial charge is 0.228 e. The molecule has 0 aliphatic carbocycles. The van der Waals surface area contributed by atoms with Gasteiger partial charge in [-0.05, 0) is 33.2 Å². The molecule has 0 aliphatic heterocycles. The maximum atomic E-state index is 12.5. The zero-order valence-corrected chi connectivity index (χ0v) is 13.6. The average Bonchev–Trinajstić information content (AvgIpc) is 2.67. The standard InChI is InChI=1S/C23H16O2/c24-22(14-16-9-10-17-5-1-3-7-19(17)13-16)23(25)21-12-11-18-6-2-4-8-20(18)15-21/h1-13,15H,14H2. The summed E-state index contributed by atoms with van der Waals surface area (Å²) in [5.74, 6) is -0.815. The summed E-state index contributed by atoms with van der Waals surface area (Å²) in [7, 11) is 0. The Morgan fingerprint density at radius 3 is 1.84 bits per heavy atom. The molecule has 0 saturated heterocycles. The van der Waals surface area contributed by atoms with Gasteiger partial charge in [-0.15, -0.1) is 0 Å². The van der Waals surface area contributed by atoms with Crippen molar-refractivity contribution in [2.24, 2.45) is 0 Å². The van der Waals surface area contributed by atoms with Crippen LogP contribution >= 0.6 is 0 Å². The van der Waals surface area contributed by atoms with Crippen LogP contribution in [0.3, 0.4) is 0 Å². The predicted molar refractivity (Wildman–Crippen MR) is 101 cm³/mol. The van der Waals surface area contributed by atoms with E-state index in [0.29, 0.717) is 5.56 Å². The van der Waals surface area contributed by atoms with Gasteiger partial charge < -0.3 is 0 Å². The largest absolute Gasteiger partial charge is 0.290 e. The molecule has 2 nitrogen and oxygen atoms in total. The van der Waals surface area contributed by atoms with Crippen LogP contribution in [0.2, 0.25) is 0 Å². The Balaban J connectivity index is 1.59. The number of rotatable bonds is 4. The van der Waals surface area contributed by atoms with Crippen LogP contribution in [-0.4, -0.2) is 11.6 Å². The molecule has 0 fully saturated rings. The third kappa shape index (κ3) is 3.07. The van der Waals surface area contributed by atoms with Crippen molar-refractivity contribution >= 4 is 33.1 Å². The Morgan fingerprint density at radius 1 is 0.600 bits per heavy atom. The van der Waals surface area contributed by atoms with E-state index in [2.05, 4.69) is 0 Å². The Morgan fingerprint density at radius 2 is 1.16 bits per heavy atom. The van der Waals surface area contributed by atoms with Gasteiger partial charge in [-0.25, -0.2) is 0 Å². The van der Waals surface area contributed by atoms with Crippen molar-refractivity contribution in [3.05, 3.63) is 96.1 Å². The van der Waals surface area contributed by atoms with Crippen molar-refractivity contribution in [1.82, 2.24) is 0 Å². The Hall–Kier alpha value is -3.26. The minimum absolute atomic E-state index is 0.122. The van der Waals surface area contributed by atoms with Crippen molar-refractivity contribution in [2.45, 2.75) is 6.42 Å². The maximum absolute atomic E-state index is 12.5. The summed E-state index contributed by atoms with van der Waals surface area (Å²) in [4.78, 5) is 24.9. The molecule has 0 aliphatic rings. The fourth-order valence-corrected chi connectivity index (χ4v) is 3.11. The third-order valence-corrected chi connectivity index (χ3v) is 4.44. The van der Waals surface area contributed by atoms with Gasteiger partial charge >= 0.3 is 0 Å². The first-order valence-corrected chi connectivity index (χ1v) is 8.25. The summed E-state index contributed by atoms with van der Waals surface area (Å²) in [6.07, 6.45) is 0.122. The Kier molecular flexibility index (Phi) is 3.87. The zero-order valence-electron chi connectivity index (χ0n) is 13.6. The second-order valence-electron chi connectivity index (χ2n) is 6.17. The van der Waals surface area contributed by atoms with E-state index >= 15 is 0 Å². The Bertz CT molecular complexity index is 1110. The molecule has 0 saturated carbocycles. The first kappa shape index (κ1) is 15.3. The van der Waals surface area contributed by atoms with Crippen molar-refractivity contribution in [3.63, 3.8) is 0 Å². The summed E-state index contributed by atoms with van der Waals surface area (Å²) in [6.45, 7) is 0. The number of carbonyl (C=O) groups excluding carboxylic acids is 2. The third-order valence-electron chi connectivity index (χ3n) is 4.44. The fraction of sp³-hybridized carbons (Fsp3) is 0.0435. The molecule has 0 bridgehead atoms. The molecule has 0 aromatic heterocycles. The topological polar surface area (TPSA) is 34.1 Å². The van der Waals surface area contributed by atoms with Crippen LogP contribution in [0, 0.1) is 0 Å². The van der Waals surface area contributed by atoms with Crippen molar-refractivity contribution in [2.75, 3.05) is 0 Å². The van der Waals surface area contributed by atoms with Crippen LogP contribution in [0.1, 0.15) is 15.9 Å². The van der Waals surface area contributed by atoms with E-state index in [1.165, 1.54) is 0 Å². The zero-order chi connectivity index (χ0) is 17.2. The van der Waals surface area contributed by atoms with E-state index in [-0.39, 0.29) is 12.2 Å². The van der Waals surface area contributed by atoms with Gasteiger partial charge in [0.05, 0.1) is 0 Å². The van der Waals surface area contributed by atoms with Gasteiger partial charge in [0.1, 0.15) is 0 Å². The van der Waals surface area contributed by atoms with E-state index in [4.69, 9.17) is 0 Å². The molecular formula is C23H16O2. The van der Waals surface area contributed by atoms with E-state index in [9.17, 15) is 9.59 Å². The number of hydrogen-bond acceptors (Lipinski definition) is 2. The SMILES string of the molecule is O=C(Cc1ccc2ccccc2c1)C(=O)c1ccc2ccccc2c1. The number of ketones is 2. The molecule has 0 radical (unpaired) electrons. The highest BCUT2D eigenvalue weighted by atomic mass is 16.2. The first-order chi connectivity index (χ1) is 12.2. The molecule has 2 heteroatoms. The highest BCUT2D eigenvalue weighted by Crippen LogP contribution is 2.18. The molecule has 0 atom stereocenters. The molecule has 25 heavy (non-hydrogen) atoms. The van der Waals surface area contributed by atoms with E-state index in [1.807, 2.05) is 72.8 Å². The number of carbonyl (C=O) groups is 2. The molecular weight excluding hydrogens is 308 g/mol. The van der Waals surface area contributed by atoms with Gasteiger partial charge in [0.15, 0.2) is 0 Å². The van der Waals surface area contributed by atoms with Crippen LogP contribution < -0.4 is 0 Å². The maximum Gasteiger partial charge on any atom is 0.228 e. The van der Waals surface area contributed by atoms with Gasteiger partial charge in [-0.1, -0.05) is 78.9 Å². The number of benzene rings is 4. The van der Waals surface area contributed by atoms with Crippen LogP contribution in [0.25, 0.3) is 21.5 Å². The molecule has 0 heterocycles. The van der Waals surface area contributed by atoms with Crippen molar-refractivity contribution < 1.29 is 9.59 Å². The van der Waals surface area contributed by atoms with Gasteiger partial charge in [-0.3, -0.25) is 9.59 Å². The lowest BCUT2D eigenvalue weighted by Gasteiger charge is -2.05. The van der Waals surface area contributed by atoms with Crippen LogP contribution in [0.15, 0.2) is 84.9 Å². The molecule has 0 unspecified atom stereocenters. The quantitative estimate of drug-likeness (QED) is 0.391. The number of hydrogen-bond donors (Lipinski definition) is 0. The van der Waals surface area contributed by atoms with Gasteiger partial charge in [0.2, 0.25) is 11.6 Å². The van der Waals surface area contributed by atoms with Gasteiger partial charge in [-0.2, -0.15) is 0 Å². The fourth-order valence-electron chi connectivity index (χ4n) is 3.11. The predicted octanol–water partition coefficient (Wildman–Crippen LogP) is 4.99. The van der Waals surface area contributed by atoms with Crippen LogP contribution in [0.4, 0.5) is 0 Å². The Labute approximate surface area is 145 Å². The summed E-state index contributed by atoms with van der Waals surface area (Å²) in [5, 5.41) is 4.22. The van der Waals surface area contributed by atoms with Gasteiger partial charge in [0.25, 0.3) is 0 Å². The van der Waals surface area contributed by atoms with E-state index < -0.39 is 5.78 Å². The van der Waals surface area contributed by atoms with Crippen LogP contribution in [-0.2, 0) is 11.2 Å². The molecule has 0 N–H and O–H groups in total. The summed E-state index contributed by atoms with van der Waals surface area (Å²) >= 11 is 0. The van der Waals surface area contributed by atoms with Crippen LogP contribution in [0.5, 0.6) is 0 Å². The van der Waals surface area contributed by atoms with Crippen molar-refractivity contribution in [3.8, 4) is 0 Å². The summed E-state index contributed by atoms with van der Waals surface area (Å²) in [6, 6.07) is 27.1. The van der Waals surface area contributed by atoms with E-state index in [0.717, 1.165) is 27.1 Å². The lowest BCUT2D eigenvalue weighted by atomic mass is 9.98. The van der Waals surface area contributed by atoms with E-state index in [1.54, 1.807) is 12.1 Å². The first-order valence-electron chi connectivity index (χ1n) is 8.25. The molecule has 0 spiro atoms. The van der Waals surface area contributed by atoms with Gasteiger partial charge in [0, 0.05) is 12.0 Å². The van der Waals surface area contributed by atoms with Crippen molar-refractivity contribution in [1.29, 1.82) is 0 Å². The highest BCUT2D eigenvalue weighted by molar-refractivity contribution is 6.44. The average molecular weight is 324 g/mol. The second-order valence-corrected chi connectivity index (χ2v) is 6.17. The molecule has 0 amide bonds. The molecule has 120 valence electrons. The lowest BCUT2D eigenvalue weighted by Crippen LogP contribution is -2.16. The second kappa shape index (κ2) is 6.33. The summed E-state index contributed by atoms with van der Waals surface area (Å²) < 4.78 is 0. The molecule has 4 rings (SSSR count). The monoisotopic (exact) mass is 324 g/mol. The molecule has 4 aromatic rings. The normalized spacial score (nSPS) is 10.9. The summed E-state index contributed by atoms with van der Waals surface area (Å²) in [5.41, 5.74) is 1.31. The molecule has 4 aromatic carbocycles. The number of fused-ring (bicyclic) bond motifs is 2.